The number of hydrogen-bond donors (Lipinski definition) is 1. The van der Waals surface area contributed by atoms with Crippen LogP contribution in [0.5, 0.6) is 0 Å². The molecule has 5 nitrogen and oxygen atoms in total. The second kappa shape index (κ2) is 7.69. The molecule has 0 saturated heterocycles. The van der Waals surface area contributed by atoms with Crippen LogP contribution in [0, 0.1) is 6.92 Å². The molecule has 0 atom stereocenters. The molecule has 1 amide bonds. The molecule has 4 heterocycles. The van der Waals surface area contributed by atoms with Gasteiger partial charge in [-0.15, -0.1) is 22.7 Å². The average molecular weight is 409 g/mol. The lowest BCUT2D eigenvalue weighted by molar-refractivity contribution is 0.0999. The van der Waals surface area contributed by atoms with Crippen molar-refractivity contribution in [3.05, 3.63) is 69.1 Å². The average Bonchev–Trinajstić information content (AvgIpc) is 3.44. The fourth-order valence-electron chi connectivity index (χ4n) is 3.20. The molecule has 142 valence electrons. The zero-order valence-corrected chi connectivity index (χ0v) is 17.3. The molecule has 4 aromatic heterocycles. The van der Waals surface area contributed by atoms with E-state index in [9.17, 15) is 4.79 Å². The summed E-state index contributed by atoms with van der Waals surface area (Å²) in [5.74, 6) is -0.416. The Kier molecular flexibility index (Phi) is 5.11. The number of primary amides is 1. The smallest absolute Gasteiger partial charge is 0.250 e. The molecule has 0 unspecified atom stereocenters. The Hall–Kier alpha value is -2.77. The number of amides is 1. The molecule has 4 rings (SSSR count). The first-order valence-corrected chi connectivity index (χ1v) is 10.8. The molecule has 7 heteroatoms. The van der Waals surface area contributed by atoms with Crippen molar-refractivity contribution in [2.45, 2.75) is 26.8 Å². The van der Waals surface area contributed by atoms with E-state index in [4.69, 9.17) is 10.7 Å². The van der Waals surface area contributed by atoms with Crippen LogP contribution in [-0.2, 0) is 13.0 Å². The van der Waals surface area contributed by atoms with Crippen LogP contribution in [0.2, 0.25) is 0 Å². The number of aryl methyl sites for hydroxylation is 1. The number of nitrogens with two attached hydrogens (primary N) is 1. The molecule has 0 spiro atoms. The maximum Gasteiger partial charge on any atom is 0.250 e. The van der Waals surface area contributed by atoms with Crippen LogP contribution in [-0.4, -0.2) is 20.4 Å². The third kappa shape index (κ3) is 3.50. The van der Waals surface area contributed by atoms with Crippen molar-refractivity contribution in [3.8, 4) is 22.0 Å². The Balaban J connectivity index is 1.77. The molecule has 4 aromatic rings. The quantitative estimate of drug-likeness (QED) is 0.500. The number of aromatic nitrogens is 3. The van der Waals surface area contributed by atoms with E-state index < -0.39 is 5.91 Å². The van der Waals surface area contributed by atoms with E-state index in [1.54, 1.807) is 22.7 Å². The Labute approximate surface area is 171 Å². The molecule has 0 bridgehead atoms. The number of thiazole rings is 1. The monoisotopic (exact) mass is 408 g/mol. The zero-order chi connectivity index (χ0) is 19.7. The minimum Gasteiger partial charge on any atom is -0.366 e. The minimum absolute atomic E-state index is 0.416. The lowest BCUT2D eigenvalue weighted by Crippen LogP contribution is -2.12. The van der Waals surface area contributed by atoms with E-state index in [0.29, 0.717) is 12.1 Å². The maximum absolute atomic E-state index is 11.9. The first kappa shape index (κ1) is 18.6. The van der Waals surface area contributed by atoms with Gasteiger partial charge in [0, 0.05) is 33.4 Å². The van der Waals surface area contributed by atoms with Gasteiger partial charge < -0.3 is 10.3 Å². The summed E-state index contributed by atoms with van der Waals surface area (Å²) in [5, 5.41) is 5.03. The molecular formula is C21H20N4OS2. The highest BCUT2D eigenvalue weighted by Gasteiger charge is 2.19. The first-order chi connectivity index (χ1) is 13.6. The fourth-order valence-corrected chi connectivity index (χ4v) is 4.70. The Bertz CT molecular complexity index is 1130. The van der Waals surface area contributed by atoms with Crippen molar-refractivity contribution in [1.29, 1.82) is 0 Å². The minimum atomic E-state index is -0.416. The van der Waals surface area contributed by atoms with Gasteiger partial charge in [0.2, 0.25) is 0 Å². The fraction of sp³-hybridized carbons (Fsp3) is 0.190. The van der Waals surface area contributed by atoms with Gasteiger partial charge in [0.25, 0.3) is 5.91 Å². The van der Waals surface area contributed by atoms with E-state index in [-0.39, 0.29) is 0 Å². The predicted molar refractivity (Wildman–Crippen MR) is 115 cm³/mol. The van der Waals surface area contributed by atoms with Crippen molar-refractivity contribution in [2.75, 3.05) is 0 Å². The lowest BCUT2D eigenvalue weighted by Gasteiger charge is -2.09. The van der Waals surface area contributed by atoms with Crippen molar-refractivity contribution in [2.24, 2.45) is 5.73 Å². The van der Waals surface area contributed by atoms with Gasteiger partial charge in [-0.3, -0.25) is 9.78 Å². The third-order valence-corrected chi connectivity index (χ3v) is 6.47. The van der Waals surface area contributed by atoms with Gasteiger partial charge in [0.05, 0.1) is 23.5 Å². The van der Waals surface area contributed by atoms with Crippen LogP contribution in [0.1, 0.15) is 33.5 Å². The van der Waals surface area contributed by atoms with E-state index in [0.717, 1.165) is 39.8 Å². The highest BCUT2D eigenvalue weighted by atomic mass is 32.1. The van der Waals surface area contributed by atoms with Crippen LogP contribution in [0.15, 0.2) is 47.3 Å². The molecule has 0 radical (unpaired) electrons. The van der Waals surface area contributed by atoms with Gasteiger partial charge in [-0.25, -0.2) is 4.98 Å². The molecular weight excluding hydrogens is 388 g/mol. The highest BCUT2D eigenvalue weighted by molar-refractivity contribution is 7.13. The van der Waals surface area contributed by atoms with Crippen molar-refractivity contribution in [1.82, 2.24) is 14.5 Å². The first-order valence-electron chi connectivity index (χ1n) is 9.00. The van der Waals surface area contributed by atoms with Crippen molar-refractivity contribution < 1.29 is 4.79 Å². The van der Waals surface area contributed by atoms with E-state index in [1.807, 2.05) is 36.7 Å². The summed E-state index contributed by atoms with van der Waals surface area (Å²) in [6.45, 7) is 4.71. The number of nitrogens with zero attached hydrogens (tertiary/aromatic N) is 3. The van der Waals surface area contributed by atoms with Crippen LogP contribution in [0.25, 0.3) is 22.0 Å². The van der Waals surface area contributed by atoms with Gasteiger partial charge in [0.15, 0.2) is 0 Å². The lowest BCUT2D eigenvalue weighted by atomic mass is 10.2. The largest absolute Gasteiger partial charge is 0.366 e. The summed E-state index contributed by atoms with van der Waals surface area (Å²) in [6.07, 6.45) is 2.71. The van der Waals surface area contributed by atoms with Gasteiger partial charge >= 0.3 is 0 Å². The normalized spacial score (nSPS) is 11.1. The number of rotatable bonds is 6. The molecule has 2 N–H and O–H groups in total. The van der Waals surface area contributed by atoms with E-state index >= 15 is 0 Å². The summed E-state index contributed by atoms with van der Waals surface area (Å²) in [7, 11) is 0. The SMILES string of the molecule is CCc1cc(-c2nc(-c3cc(C(N)=O)c(C)n3Cc3cccs3)cs2)ccn1. The van der Waals surface area contributed by atoms with Crippen LogP contribution < -0.4 is 5.73 Å². The predicted octanol–water partition coefficient (Wildman–Crippen LogP) is 4.75. The summed E-state index contributed by atoms with van der Waals surface area (Å²) < 4.78 is 2.12. The molecule has 0 aromatic carbocycles. The van der Waals surface area contributed by atoms with Crippen LogP contribution >= 0.6 is 22.7 Å². The zero-order valence-electron chi connectivity index (χ0n) is 15.7. The number of hydrogen-bond acceptors (Lipinski definition) is 5. The second-order valence-electron chi connectivity index (χ2n) is 6.49. The standard InChI is InChI=1S/C21H20N4OS2/c1-3-15-9-14(6-7-23-15)21-24-18(12-28-21)19-10-17(20(22)26)13(2)25(19)11-16-5-4-8-27-16/h4-10,12H,3,11H2,1-2H3,(H2,22,26). The summed E-state index contributed by atoms with van der Waals surface area (Å²) in [4.78, 5) is 22.3. The van der Waals surface area contributed by atoms with Gasteiger partial charge in [-0.1, -0.05) is 13.0 Å². The summed E-state index contributed by atoms with van der Waals surface area (Å²) in [6, 6.07) is 10.0. The topological polar surface area (TPSA) is 73.8 Å². The van der Waals surface area contributed by atoms with Gasteiger partial charge in [-0.2, -0.15) is 0 Å². The number of thiophene rings is 1. The van der Waals surface area contributed by atoms with Crippen molar-refractivity contribution in [3.63, 3.8) is 0 Å². The number of carbonyl (C=O) groups is 1. The van der Waals surface area contributed by atoms with Gasteiger partial charge in [-0.05, 0) is 43.0 Å². The van der Waals surface area contributed by atoms with Crippen LogP contribution in [0.4, 0.5) is 0 Å². The number of carbonyl (C=O) groups excluding carboxylic acids is 1. The highest BCUT2D eigenvalue weighted by Crippen LogP contribution is 2.32. The van der Waals surface area contributed by atoms with Crippen molar-refractivity contribution >= 4 is 28.6 Å². The Morgan fingerprint density at radius 2 is 2.11 bits per heavy atom. The van der Waals surface area contributed by atoms with E-state index in [1.165, 1.54) is 4.88 Å². The Morgan fingerprint density at radius 3 is 2.82 bits per heavy atom. The molecule has 28 heavy (non-hydrogen) atoms. The second-order valence-corrected chi connectivity index (χ2v) is 8.38. The number of pyridine rings is 1. The maximum atomic E-state index is 11.9. The Morgan fingerprint density at radius 1 is 1.25 bits per heavy atom. The molecule has 0 fully saturated rings. The summed E-state index contributed by atoms with van der Waals surface area (Å²) in [5.41, 5.74) is 10.9. The van der Waals surface area contributed by atoms with E-state index in [2.05, 4.69) is 34.0 Å². The van der Waals surface area contributed by atoms with Crippen LogP contribution in [0.3, 0.4) is 0 Å². The summed E-state index contributed by atoms with van der Waals surface area (Å²) >= 11 is 3.28. The molecule has 0 aliphatic rings. The molecule has 0 aliphatic carbocycles. The van der Waals surface area contributed by atoms with Gasteiger partial charge in [0.1, 0.15) is 5.01 Å². The molecule has 0 saturated carbocycles. The third-order valence-electron chi connectivity index (χ3n) is 4.72. The molecule has 0 aliphatic heterocycles.